The van der Waals surface area contributed by atoms with Crippen LogP contribution in [0.1, 0.15) is 50.4 Å². The predicted octanol–water partition coefficient (Wildman–Crippen LogP) is 3.97. The van der Waals surface area contributed by atoms with Crippen LogP contribution in [0.4, 0.5) is 5.69 Å². The number of fused-ring (bicyclic) bond motifs is 2. The molecular formula is C17H21NO4. The number of benzene rings is 1. The molecule has 3 unspecified atom stereocenters. The first-order valence-corrected chi connectivity index (χ1v) is 7.69. The number of nitro groups is 1. The van der Waals surface area contributed by atoms with Crippen molar-refractivity contribution in [1.82, 2.24) is 0 Å². The van der Waals surface area contributed by atoms with E-state index in [4.69, 9.17) is 4.74 Å². The van der Waals surface area contributed by atoms with Crippen molar-refractivity contribution < 1.29 is 14.5 Å². The Balaban J connectivity index is 1.76. The summed E-state index contributed by atoms with van der Waals surface area (Å²) in [6.45, 7) is 6.52. The van der Waals surface area contributed by atoms with Crippen molar-refractivity contribution >= 4 is 11.7 Å². The van der Waals surface area contributed by atoms with Crippen molar-refractivity contribution in [1.29, 1.82) is 0 Å². The smallest absolute Gasteiger partial charge is 0.338 e. The summed E-state index contributed by atoms with van der Waals surface area (Å²) in [6.07, 6.45) is 3.24. The summed E-state index contributed by atoms with van der Waals surface area (Å²) in [7, 11) is 0. The van der Waals surface area contributed by atoms with Crippen molar-refractivity contribution in [3.63, 3.8) is 0 Å². The lowest BCUT2D eigenvalue weighted by Crippen LogP contribution is -2.44. The Bertz CT molecular complexity index is 622. The molecule has 0 saturated heterocycles. The van der Waals surface area contributed by atoms with Crippen LogP contribution in [0.5, 0.6) is 0 Å². The highest BCUT2D eigenvalue weighted by Crippen LogP contribution is 2.61. The molecule has 0 N–H and O–H groups in total. The Kier molecular flexibility index (Phi) is 3.27. The second-order valence-electron chi connectivity index (χ2n) is 7.56. The maximum atomic E-state index is 12.4. The van der Waals surface area contributed by atoms with Crippen molar-refractivity contribution in [3.8, 4) is 0 Å². The number of esters is 1. The third-order valence-corrected chi connectivity index (χ3v) is 5.40. The predicted molar refractivity (Wildman–Crippen MR) is 81.5 cm³/mol. The Labute approximate surface area is 129 Å². The number of ether oxygens (including phenoxy) is 1. The molecule has 0 radical (unpaired) electrons. The molecule has 2 fully saturated rings. The normalized spacial score (nSPS) is 32.0. The van der Waals surface area contributed by atoms with Gasteiger partial charge in [0.05, 0.1) is 10.5 Å². The largest absolute Gasteiger partial charge is 0.455 e. The number of hydrogen-bond acceptors (Lipinski definition) is 4. The van der Waals surface area contributed by atoms with Crippen LogP contribution < -0.4 is 0 Å². The Morgan fingerprint density at radius 1 is 1.23 bits per heavy atom. The van der Waals surface area contributed by atoms with Crippen LogP contribution >= 0.6 is 0 Å². The van der Waals surface area contributed by atoms with Crippen molar-refractivity contribution in [2.45, 2.75) is 45.6 Å². The minimum atomic E-state index is -0.477. The average molecular weight is 303 g/mol. The molecule has 1 aromatic carbocycles. The minimum absolute atomic E-state index is 0.0242. The van der Waals surface area contributed by atoms with Gasteiger partial charge in [-0.15, -0.1) is 0 Å². The van der Waals surface area contributed by atoms with Crippen LogP contribution in [0, 0.1) is 27.4 Å². The van der Waals surface area contributed by atoms with Crippen molar-refractivity contribution in [2.24, 2.45) is 17.3 Å². The van der Waals surface area contributed by atoms with E-state index in [1.807, 2.05) is 6.92 Å². The molecule has 5 nitrogen and oxygen atoms in total. The van der Waals surface area contributed by atoms with Gasteiger partial charge in [0.1, 0.15) is 5.60 Å². The average Bonchev–Trinajstić information content (AvgIpc) is 2.90. The van der Waals surface area contributed by atoms with Gasteiger partial charge < -0.3 is 4.74 Å². The summed E-state index contributed by atoms with van der Waals surface area (Å²) in [6, 6.07) is 5.59. The van der Waals surface area contributed by atoms with E-state index in [9.17, 15) is 14.9 Å². The summed E-state index contributed by atoms with van der Waals surface area (Å²) >= 11 is 0. The zero-order valence-electron chi connectivity index (χ0n) is 13.2. The summed E-state index contributed by atoms with van der Waals surface area (Å²) in [5.41, 5.74) is 0.120. The number of carbonyl (C=O) groups is 1. The van der Waals surface area contributed by atoms with Gasteiger partial charge in [-0.2, -0.15) is 0 Å². The fourth-order valence-electron chi connectivity index (χ4n) is 4.67. The van der Waals surface area contributed by atoms with Gasteiger partial charge in [0.2, 0.25) is 0 Å². The van der Waals surface area contributed by atoms with E-state index in [-0.39, 0.29) is 17.1 Å². The van der Waals surface area contributed by atoms with Crippen LogP contribution in [-0.2, 0) is 4.74 Å². The van der Waals surface area contributed by atoms with Gasteiger partial charge in [-0.05, 0) is 49.7 Å². The zero-order chi connectivity index (χ0) is 16.1. The molecule has 2 saturated carbocycles. The van der Waals surface area contributed by atoms with Gasteiger partial charge in [-0.25, -0.2) is 4.79 Å². The van der Waals surface area contributed by atoms with E-state index in [2.05, 4.69) is 13.8 Å². The van der Waals surface area contributed by atoms with E-state index >= 15 is 0 Å². The summed E-state index contributed by atoms with van der Waals surface area (Å²) in [5.74, 6) is 0.627. The number of non-ortho nitro benzene ring substituents is 1. The SMILES string of the molecule is CC1(C)CC2CC1C(C)(OC(=O)c1ccc([N+](=O)[O-])cc1)C2. The number of nitrogens with zero attached hydrogens (tertiary/aromatic N) is 1. The molecule has 3 rings (SSSR count). The highest BCUT2D eigenvalue weighted by Gasteiger charge is 2.58. The lowest BCUT2D eigenvalue weighted by molar-refractivity contribution is -0.384. The van der Waals surface area contributed by atoms with Gasteiger partial charge in [0.15, 0.2) is 0 Å². The molecular weight excluding hydrogens is 282 g/mol. The number of carbonyl (C=O) groups excluding carboxylic acids is 1. The lowest BCUT2D eigenvalue weighted by Gasteiger charge is -2.42. The third-order valence-electron chi connectivity index (χ3n) is 5.40. The molecule has 0 amide bonds. The molecule has 22 heavy (non-hydrogen) atoms. The van der Waals surface area contributed by atoms with E-state index in [1.165, 1.54) is 30.7 Å². The molecule has 0 aliphatic heterocycles. The van der Waals surface area contributed by atoms with E-state index < -0.39 is 10.5 Å². The fraction of sp³-hybridized carbons (Fsp3) is 0.588. The molecule has 3 atom stereocenters. The summed E-state index contributed by atoms with van der Waals surface area (Å²) in [4.78, 5) is 22.6. The number of nitro benzene ring substituents is 1. The number of rotatable bonds is 3. The highest BCUT2D eigenvalue weighted by molar-refractivity contribution is 5.90. The van der Waals surface area contributed by atoms with Gasteiger partial charge >= 0.3 is 5.97 Å². The minimum Gasteiger partial charge on any atom is -0.455 e. The molecule has 0 heterocycles. The molecule has 0 aromatic heterocycles. The third kappa shape index (κ3) is 2.38. The van der Waals surface area contributed by atoms with Crippen LogP contribution in [0.2, 0.25) is 0 Å². The molecule has 2 bridgehead atoms. The molecule has 1 aromatic rings. The fourth-order valence-corrected chi connectivity index (χ4v) is 4.67. The topological polar surface area (TPSA) is 69.4 Å². The standard InChI is InChI=1S/C17H21NO4/c1-16(2)9-11-8-14(16)17(3,10-11)22-15(19)12-4-6-13(7-5-12)18(20)21/h4-7,11,14H,8-10H2,1-3H3. The first-order valence-electron chi connectivity index (χ1n) is 7.69. The lowest BCUT2D eigenvalue weighted by atomic mass is 9.69. The Hall–Kier alpha value is -1.91. The summed E-state index contributed by atoms with van der Waals surface area (Å²) < 4.78 is 5.85. The van der Waals surface area contributed by atoms with Gasteiger partial charge in [0.25, 0.3) is 5.69 Å². The van der Waals surface area contributed by atoms with E-state index in [0.29, 0.717) is 17.4 Å². The maximum absolute atomic E-state index is 12.4. The van der Waals surface area contributed by atoms with Crippen LogP contribution in [0.3, 0.4) is 0 Å². The van der Waals surface area contributed by atoms with Crippen LogP contribution in [0.25, 0.3) is 0 Å². The molecule has 118 valence electrons. The maximum Gasteiger partial charge on any atom is 0.338 e. The summed E-state index contributed by atoms with van der Waals surface area (Å²) in [5, 5.41) is 10.7. The Morgan fingerprint density at radius 3 is 2.36 bits per heavy atom. The number of hydrogen-bond donors (Lipinski definition) is 0. The van der Waals surface area contributed by atoms with Crippen molar-refractivity contribution in [3.05, 3.63) is 39.9 Å². The van der Waals surface area contributed by atoms with Crippen LogP contribution in [0.15, 0.2) is 24.3 Å². The van der Waals surface area contributed by atoms with Gasteiger partial charge in [0, 0.05) is 18.1 Å². The molecule has 2 aliphatic carbocycles. The first kappa shape index (κ1) is 15.0. The second-order valence-corrected chi connectivity index (χ2v) is 7.56. The molecule has 0 spiro atoms. The quantitative estimate of drug-likeness (QED) is 0.481. The van der Waals surface area contributed by atoms with E-state index in [0.717, 1.165) is 12.8 Å². The zero-order valence-corrected chi connectivity index (χ0v) is 13.2. The molecule has 5 heteroatoms. The van der Waals surface area contributed by atoms with Crippen molar-refractivity contribution in [2.75, 3.05) is 0 Å². The highest BCUT2D eigenvalue weighted by atomic mass is 16.6. The molecule has 2 aliphatic rings. The Morgan fingerprint density at radius 2 is 1.86 bits per heavy atom. The first-order chi connectivity index (χ1) is 10.2. The van der Waals surface area contributed by atoms with Gasteiger partial charge in [-0.1, -0.05) is 13.8 Å². The van der Waals surface area contributed by atoms with Crippen LogP contribution in [-0.4, -0.2) is 16.5 Å². The second kappa shape index (κ2) is 4.80. The monoisotopic (exact) mass is 303 g/mol. The van der Waals surface area contributed by atoms with E-state index in [1.54, 1.807) is 0 Å². The van der Waals surface area contributed by atoms with Gasteiger partial charge in [-0.3, -0.25) is 10.1 Å².